The maximum absolute atomic E-state index is 6.47. The molecule has 0 aromatic carbocycles. The molecule has 0 saturated carbocycles. The number of halogens is 1. The Hall–Kier alpha value is 0.347. The van der Waals surface area contributed by atoms with Gasteiger partial charge in [-0.3, -0.25) is 0 Å². The molecule has 4 nitrogen and oxygen atoms in total. The van der Waals surface area contributed by atoms with Crippen LogP contribution >= 0.6 is 11.1 Å². The Balaban J connectivity index is 2.17. The van der Waals surface area contributed by atoms with Gasteiger partial charge in [-0.25, -0.2) is 0 Å². The van der Waals surface area contributed by atoms with E-state index in [4.69, 9.17) is 24.4 Å². The molecule has 3 fully saturated rings. The summed E-state index contributed by atoms with van der Waals surface area (Å²) < 4.78 is 17.6. The molecule has 0 atom stereocenters. The molecule has 3 aliphatic heterocycles. The van der Waals surface area contributed by atoms with Crippen molar-refractivity contribution >= 4 is 18.6 Å². The Kier molecular flexibility index (Phi) is 1.22. The summed E-state index contributed by atoms with van der Waals surface area (Å²) >= 11 is 6.47. The van der Waals surface area contributed by atoms with E-state index in [-0.39, 0.29) is 0 Å². The monoisotopic (exact) mass is 209 g/mol. The van der Waals surface area contributed by atoms with Crippen LogP contribution in [0.3, 0.4) is 0 Å². The van der Waals surface area contributed by atoms with Gasteiger partial charge in [0.2, 0.25) is 0 Å². The summed E-state index contributed by atoms with van der Waals surface area (Å²) in [4.78, 5) is 0. The second-order valence-electron chi connectivity index (χ2n) is 3.70. The van der Waals surface area contributed by atoms with E-state index in [2.05, 4.69) is 0 Å². The molecule has 3 aliphatic rings. The van der Waals surface area contributed by atoms with Crippen molar-refractivity contribution < 1.29 is 17.4 Å². The average molecular weight is 210 g/mol. The summed E-state index contributed by atoms with van der Waals surface area (Å²) in [5.41, 5.74) is 0. The molecule has 0 radical (unpaired) electrons. The predicted molar refractivity (Wildman–Crippen MR) is 44.3 cm³/mol. The predicted octanol–water partition coefficient (Wildman–Crippen LogP) is 0.0189. The SMILES string of the molecule is Cl[Si-]123OCC[N+]1(CCO2)CCO3. The molecule has 6 heteroatoms. The molecule has 0 amide bonds. The molecule has 3 rings (SSSR count). The van der Waals surface area contributed by atoms with E-state index < -0.39 is 7.55 Å². The molecule has 0 aromatic heterocycles. The van der Waals surface area contributed by atoms with E-state index in [1.54, 1.807) is 0 Å². The first-order valence-electron chi connectivity index (χ1n) is 4.34. The van der Waals surface area contributed by atoms with Crippen LogP contribution < -0.4 is 0 Å². The topological polar surface area (TPSA) is 27.7 Å². The van der Waals surface area contributed by atoms with Crippen molar-refractivity contribution in [3.63, 3.8) is 0 Å². The van der Waals surface area contributed by atoms with Crippen LogP contribution in [0.1, 0.15) is 0 Å². The van der Waals surface area contributed by atoms with E-state index in [0.717, 1.165) is 23.8 Å². The van der Waals surface area contributed by atoms with E-state index in [1.807, 2.05) is 0 Å². The third-order valence-corrected chi connectivity index (χ3v) is 9.62. The van der Waals surface area contributed by atoms with Crippen molar-refractivity contribution in [1.29, 1.82) is 0 Å². The fourth-order valence-electron chi connectivity index (χ4n) is 2.57. The Morgan fingerprint density at radius 3 is 1.67 bits per heavy atom. The number of hydrogen-bond acceptors (Lipinski definition) is 3. The third-order valence-electron chi connectivity index (χ3n) is 3.34. The van der Waals surface area contributed by atoms with Crippen molar-refractivity contribution in [1.82, 2.24) is 0 Å². The van der Waals surface area contributed by atoms with Gasteiger partial charge >= 0.3 is 75.5 Å². The van der Waals surface area contributed by atoms with Crippen LogP contribution in [0.15, 0.2) is 0 Å². The van der Waals surface area contributed by atoms with Crippen molar-refractivity contribution in [3.05, 3.63) is 0 Å². The summed E-state index contributed by atoms with van der Waals surface area (Å²) in [5, 5.41) is 0. The van der Waals surface area contributed by atoms with Crippen LogP contribution in [0.5, 0.6) is 0 Å². The first kappa shape index (κ1) is 7.72. The molecule has 70 valence electrons. The van der Waals surface area contributed by atoms with Gasteiger partial charge in [0.15, 0.2) is 0 Å². The van der Waals surface area contributed by atoms with Crippen molar-refractivity contribution in [2.45, 2.75) is 0 Å². The maximum atomic E-state index is 6.47. The molecule has 0 N–H and O–H groups in total. The van der Waals surface area contributed by atoms with Gasteiger partial charge in [0.05, 0.1) is 0 Å². The minimum absolute atomic E-state index is 0.692. The van der Waals surface area contributed by atoms with Crippen molar-refractivity contribution in [2.75, 3.05) is 39.5 Å². The molecular formula is C6H12ClNO3Si. The van der Waals surface area contributed by atoms with Crippen LogP contribution in [0.2, 0.25) is 0 Å². The molecule has 0 aliphatic carbocycles. The number of nitrogens with zero attached hydrogens (tertiary/aromatic N) is 1. The van der Waals surface area contributed by atoms with Crippen molar-refractivity contribution in [3.8, 4) is 0 Å². The summed E-state index contributed by atoms with van der Waals surface area (Å²) in [6.45, 7) is 4.98. The fraction of sp³-hybridized carbons (Fsp3) is 1.00. The first-order valence-corrected chi connectivity index (χ1v) is 7.52. The van der Waals surface area contributed by atoms with E-state index in [1.165, 1.54) is 0 Å². The zero-order valence-corrected chi connectivity index (χ0v) is 8.55. The van der Waals surface area contributed by atoms with Crippen molar-refractivity contribution in [2.24, 2.45) is 0 Å². The number of hydrogen-bond donors (Lipinski definition) is 0. The van der Waals surface area contributed by atoms with Gasteiger partial charge in [-0.05, 0) is 0 Å². The zero-order chi connectivity index (χ0) is 8.31. The van der Waals surface area contributed by atoms with Gasteiger partial charge in [-0.1, -0.05) is 0 Å². The average Bonchev–Trinajstić information content (AvgIpc) is 2.43. The Labute approximate surface area is 76.1 Å². The van der Waals surface area contributed by atoms with Gasteiger partial charge in [0, 0.05) is 0 Å². The van der Waals surface area contributed by atoms with Crippen LogP contribution in [0.25, 0.3) is 0 Å². The standard InChI is InChI=1S/C6H12ClNO3Si/c7-12-8(1-4-9-12,2-5-10-12)3-6-11-12/h1-6H2. The van der Waals surface area contributed by atoms with Gasteiger partial charge < -0.3 is 0 Å². The van der Waals surface area contributed by atoms with Gasteiger partial charge in [0.1, 0.15) is 0 Å². The minimum atomic E-state index is -3.41. The summed E-state index contributed by atoms with van der Waals surface area (Å²) in [6.07, 6.45) is 0. The van der Waals surface area contributed by atoms with Crippen LogP contribution in [-0.2, 0) is 13.3 Å². The zero-order valence-electron chi connectivity index (χ0n) is 6.79. The molecule has 0 aromatic rings. The number of rotatable bonds is 0. The Morgan fingerprint density at radius 1 is 0.917 bits per heavy atom. The van der Waals surface area contributed by atoms with E-state index >= 15 is 0 Å². The van der Waals surface area contributed by atoms with Gasteiger partial charge in [-0.2, -0.15) is 0 Å². The molecule has 3 heterocycles. The molecule has 12 heavy (non-hydrogen) atoms. The molecule has 0 spiro atoms. The van der Waals surface area contributed by atoms with Crippen LogP contribution in [-0.4, -0.2) is 51.2 Å². The number of quaternary nitrogens is 1. The van der Waals surface area contributed by atoms with Crippen LogP contribution in [0.4, 0.5) is 0 Å². The van der Waals surface area contributed by atoms with Gasteiger partial charge in [0.25, 0.3) is 0 Å². The summed E-state index contributed by atoms with van der Waals surface area (Å²) in [5.74, 6) is 0. The molecule has 0 bridgehead atoms. The summed E-state index contributed by atoms with van der Waals surface area (Å²) in [7, 11) is -3.41. The quantitative estimate of drug-likeness (QED) is 0.416. The second-order valence-corrected chi connectivity index (χ2v) is 9.09. The molecule has 3 saturated heterocycles. The Morgan fingerprint density at radius 2 is 1.33 bits per heavy atom. The van der Waals surface area contributed by atoms with Gasteiger partial charge in [-0.15, -0.1) is 0 Å². The molecular weight excluding hydrogens is 198 g/mol. The summed E-state index contributed by atoms with van der Waals surface area (Å²) in [6, 6.07) is 0. The fourth-order valence-corrected chi connectivity index (χ4v) is 7.73. The van der Waals surface area contributed by atoms with Crippen LogP contribution in [0, 0.1) is 0 Å². The second kappa shape index (κ2) is 1.89. The van der Waals surface area contributed by atoms with E-state index in [0.29, 0.717) is 19.8 Å². The first-order chi connectivity index (χ1) is 5.68. The third kappa shape index (κ3) is 0.584. The van der Waals surface area contributed by atoms with E-state index in [9.17, 15) is 0 Å². The molecule has 0 unspecified atom stereocenters. The normalized spacial score (nSPS) is 50.9. The Bertz CT molecular complexity index is 217.